The van der Waals surface area contributed by atoms with Gasteiger partial charge in [-0.05, 0) is 55.8 Å². The second-order valence-corrected chi connectivity index (χ2v) is 9.62. The van der Waals surface area contributed by atoms with Crippen molar-refractivity contribution in [2.75, 3.05) is 13.2 Å². The smallest absolute Gasteiger partial charge is 0.505 e. The fraction of sp³-hybridized carbons (Fsp3) is 0.520. The van der Waals surface area contributed by atoms with E-state index in [1.54, 1.807) is 13.0 Å². The number of esters is 1. The van der Waals surface area contributed by atoms with Gasteiger partial charge in [-0.2, -0.15) is 0 Å². The van der Waals surface area contributed by atoms with Crippen molar-refractivity contribution >= 4 is 43.5 Å². The van der Waals surface area contributed by atoms with Gasteiger partial charge < -0.3 is 56.2 Å². The number of carbonyl (C=O) groups is 4. The summed E-state index contributed by atoms with van der Waals surface area (Å²) in [6.07, 6.45) is -0.394. The third-order valence-electron chi connectivity index (χ3n) is 6.02. The number of urea groups is 1. The maximum Gasteiger partial charge on any atom is 0.631 e. The highest BCUT2D eigenvalue weighted by atomic mass is 35.5. The van der Waals surface area contributed by atoms with E-state index in [1.807, 2.05) is 13.8 Å². The standard InChI is InChI=1S/C11H18N2O3.C8H11NO2.C6H8O6.BH3O3.ClH/c1-4-11(6-5-7(2)3)8(14)12-10(16)13-9(11)15;9-4-3-6-1-2-7(10)8(11)5-6;7-1-2(8)5-3(9)4(10)6(11)12-5;2-1(3)4;/h7H,4-6H2,1-3H3,(H2,12,13,14,15,16);1-2,5,10-11H,3-4,9H2;2,5,7-10H,1H2;2-4H;1H. The molecule has 2 heterocycles. The molecule has 0 aromatic heterocycles. The van der Waals surface area contributed by atoms with Gasteiger partial charge in [0.25, 0.3) is 0 Å². The minimum absolute atomic E-state index is 0. The number of carbonyl (C=O) groups excluding carboxylic acids is 4. The van der Waals surface area contributed by atoms with Crippen LogP contribution in [0.25, 0.3) is 0 Å². The van der Waals surface area contributed by atoms with Crippen LogP contribution in [-0.2, 0) is 25.5 Å². The molecule has 0 bridgehead atoms. The fourth-order valence-electron chi connectivity index (χ4n) is 3.55. The number of hydrogen-bond donors (Lipinski definition) is 12. The highest BCUT2D eigenvalue weighted by Gasteiger charge is 2.48. The molecule has 0 spiro atoms. The zero-order valence-corrected chi connectivity index (χ0v) is 25.2. The molecule has 2 aliphatic heterocycles. The van der Waals surface area contributed by atoms with Gasteiger partial charge in [-0.25, -0.2) is 9.59 Å². The van der Waals surface area contributed by atoms with E-state index in [-0.39, 0.29) is 23.9 Å². The lowest BCUT2D eigenvalue weighted by Crippen LogP contribution is -2.62. The number of imide groups is 2. The van der Waals surface area contributed by atoms with E-state index < -0.39 is 66.9 Å². The lowest BCUT2D eigenvalue weighted by molar-refractivity contribution is -0.148. The molecular formula is C25H41BClN3O14. The number of aromatic hydroxyl groups is 2. The number of phenolic OH excluding ortho intramolecular Hbond substituents is 2. The molecule has 17 nitrogen and oxygen atoms in total. The van der Waals surface area contributed by atoms with Gasteiger partial charge in [0.15, 0.2) is 23.4 Å². The Labute approximate surface area is 259 Å². The molecule has 4 amide bonds. The lowest BCUT2D eigenvalue weighted by Gasteiger charge is -2.33. The van der Waals surface area contributed by atoms with Gasteiger partial charge in [0.05, 0.1) is 6.61 Å². The van der Waals surface area contributed by atoms with Crippen LogP contribution in [0.3, 0.4) is 0 Å². The van der Waals surface area contributed by atoms with Crippen molar-refractivity contribution in [2.24, 2.45) is 17.1 Å². The summed E-state index contributed by atoms with van der Waals surface area (Å²) in [6, 6.07) is 3.99. The number of nitrogens with one attached hydrogen (secondary N) is 2. The van der Waals surface area contributed by atoms with Crippen LogP contribution in [0.2, 0.25) is 0 Å². The Bertz CT molecular complexity index is 1110. The highest BCUT2D eigenvalue weighted by molar-refractivity contribution is 6.30. The maximum absolute atomic E-state index is 11.8. The van der Waals surface area contributed by atoms with Crippen LogP contribution < -0.4 is 16.4 Å². The Balaban J connectivity index is 0. The van der Waals surface area contributed by atoms with Crippen LogP contribution >= 0.6 is 12.4 Å². The van der Waals surface area contributed by atoms with Gasteiger partial charge in [0.2, 0.25) is 17.6 Å². The molecule has 250 valence electrons. The third kappa shape index (κ3) is 13.3. The number of ether oxygens (including phenoxy) is 1. The monoisotopic (exact) mass is 653 g/mol. The van der Waals surface area contributed by atoms with Gasteiger partial charge in [-0.3, -0.25) is 20.2 Å². The predicted molar refractivity (Wildman–Crippen MR) is 156 cm³/mol. The normalized spacial score (nSPS) is 17.3. The van der Waals surface area contributed by atoms with Crippen molar-refractivity contribution in [3.63, 3.8) is 0 Å². The van der Waals surface area contributed by atoms with Crippen molar-refractivity contribution in [3.05, 3.63) is 35.3 Å². The minimum Gasteiger partial charge on any atom is -0.505 e. The molecule has 1 fully saturated rings. The summed E-state index contributed by atoms with van der Waals surface area (Å²) in [5.74, 6) is -3.48. The van der Waals surface area contributed by atoms with Crippen LogP contribution in [0.1, 0.15) is 45.6 Å². The Morgan fingerprint density at radius 1 is 1.00 bits per heavy atom. The fourth-order valence-corrected chi connectivity index (χ4v) is 3.55. The molecule has 0 aliphatic carbocycles. The van der Waals surface area contributed by atoms with Crippen molar-refractivity contribution < 1.29 is 69.6 Å². The van der Waals surface area contributed by atoms with Crippen LogP contribution in [-0.4, -0.2) is 102 Å². The van der Waals surface area contributed by atoms with E-state index in [4.69, 9.17) is 51.4 Å². The van der Waals surface area contributed by atoms with Crippen LogP contribution in [0, 0.1) is 11.3 Å². The van der Waals surface area contributed by atoms with Crippen molar-refractivity contribution in [1.82, 2.24) is 10.6 Å². The Hall–Kier alpha value is -3.65. The van der Waals surface area contributed by atoms with E-state index in [9.17, 15) is 19.2 Å². The average molecular weight is 654 g/mol. The first-order valence-corrected chi connectivity index (χ1v) is 13.0. The molecule has 13 N–H and O–H groups in total. The predicted octanol–water partition coefficient (Wildman–Crippen LogP) is -1.25. The zero-order valence-electron chi connectivity index (χ0n) is 24.3. The third-order valence-corrected chi connectivity index (χ3v) is 6.02. The first-order chi connectivity index (χ1) is 20.0. The molecule has 1 aromatic rings. The average Bonchev–Trinajstić information content (AvgIpc) is 3.18. The quantitative estimate of drug-likeness (QED) is 0.0674. The van der Waals surface area contributed by atoms with Gasteiger partial charge >= 0.3 is 19.3 Å². The summed E-state index contributed by atoms with van der Waals surface area (Å²) in [7, 11) is -2.17. The maximum atomic E-state index is 11.8. The van der Waals surface area contributed by atoms with Crippen molar-refractivity contribution in [3.8, 4) is 11.5 Å². The summed E-state index contributed by atoms with van der Waals surface area (Å²) in [5, 5.41) is 78.8. The number of benzene rings is 1. The number of rotatable bonds is 8. The number of aliphatic hydroxyl groups excluding tert-OH is 4. The molecule has 1 saturated heterocycles. The molecule has 44 heavy (non-hydrogen) atoms. The SMILES string of the molecule is CCC1(CCC(C)C)C(=O)NC(=O)NC1=O.Cl.NCCc1ccc(O)c(O)c1.O=C1OC(C(O)CO)C(O)=C1O.OB(O)O. The second-order valence-electron chi connectivity index (χ2n) is 9.62. The van der Waals surface area contributed by atoms with E-state index >= 15 is 0 Å². The molecular weight excluding hydrogens is 613 g/mol. The highest BCUT2D eigenvalue weighted by Crippen LogP contribution is 2.32. The van der Waals surface area contributed by atoms with Crippen LogP contribution in [0.5, 0.6) is 11.5 Å². The molecule has 3 rings (SSSR count). The van der Waals surface area contributed by atoms with Gasteiger partial charge in [-0.1, -0.05) is 26.8 Å². The molecule has 19 heteroatoms. The summed E-state index contributed by atoms with van der Waals surface area (Å²) in [6.45, 7) is 5.73. The Morgan fingerprint density at radius 2 is 1.52 bits per heavy atom. The summed E-state index contributed by atoms with van der Waals surface area (Å²) in [5.41, 5.74) is 5.17. The van der Waals surface area contributed by atoms with Crippen LogP contribution in [0.4, 0.5) is 4.79 Å². The van der Waals surface area contributed by atoms with E-state index in [1.165, 1.54) is 12.1 Å². The summed E-state index contributed by atoms with van der Waals surface area (Å²) in [4.78, 5) is 45.1. The van der Waals surface area contributed by atoms with E-state index in [0.29, 0.717) is 31.7 Å². The number of aliphatic hydroxyl groups is 4. The molecule has 2 unspecified atom stereocenters. The second kappa shape index (κ2) is 20.3. The number of amides is 4. The van der Waals surface area contributed by atoms with E-state index in [0.717, 1.165) is 12.0 Å². The molecule has 1 aromatic carbocycles. The Morgan fingerprint density at radius 3 is 1.89 bits per heavy atom. The topological polar surface area (TPSA) is 310 Å². The molecule has 0 saturated carbocycles. The summed E-state index contributed by atoms with van der Waals surface area (Å²) >= 11 is 0. The number of nitrogens with two attached hydrogens (primary N) is 1. The first-order valence-electron chi connectivity index (χ1n) is 13.0. The Kier molecular flexibility index (Phi) is 19.6. The number of halogens is 1. The number of barbiturate groups is 1. The van der Waals surface area contributed by atoms with Crippen LogP contribution in [0.15, 0.2) is 29.7 Å². The van der Waals surface area contributed by atoms with Gasteiger partial charge in [-0.15, -0.1) is 12.4 Å². The lowest BCUT2D eigenvalue weighted by atomic mass is 9.76. The number of hydrogen-bond acceptors (Lipinski definition) is 15. The van der Waals surface area contributed by atoms with Gasteiger partial charge in [0.1, 0.15) is 11.5 Å². The number of phenols is 2. The van der Waals surface area contributed by atoms with Crippen molar-refractivity contribution in [1.29, 1.82) is 0 Å². The summed E-state index contributed by atoms with van der Waals surface area (Å²) < 4.78 is 4.32. The van der Waals surface area contributed by atoms with Gasteiger partial charge in [0, 0.05) is 0 Å². The molecule has 2 atom stereocenters. The first kappa shape index (κ1) is 42.5. The molecule has 2 aliphatic rings. The minimum atomic E-state index is -2.17. The molecule has 0 radical (unpaired) electrons. The van der Waals surface area contributed by atoms with E-state index in [2.05, 4.69) is 15.4 Å². The zero-order chi connectivity index (χ0) is 33.5. The van der Waals surface area contributed by atoms with Crippen molar-refractivity contribution in [2.45, 2.75) is 58.7 Å². The number of cyclic esters (lactones) is 1. The largest absolute Gasteiger partial charge is 0.631 e.